The summed E-state index contributed by atoms with van der Waals surface area (Å²) >= 11 is 0. The second-order valence-electron chi connectivity index (χ2n) is 8.36. The Morgan fingerprint density at radius 2 is 1.90 bits per heavy atom. The van der Waals surface area contributed by atoms with Gasteiger partial charge in [0.15, 0.2) is 0 Å². The maximum Gasteiger partial charge on any atom is 0.303 e. The topological polar surface area (TPSA) is 137 Å². The summed E-state index contributed by atoms with van der Waals surface area (Å²) < 4.78 is 0. The molecule has 1 aliphatic heterocycles. The average Bonchev–Trinajstić information content (AvgIpc) is 2.61. The smallest absolute Gasteiger partial charge is 0.303 e. The van der Waals surface area contributed by atoms with E-state index in [1.54, 1.807) is 40.6 Å². The van der Waals surface area contributed by atoms with Gasteiger partial charge >= 0.3 is 5.97 Å². The van der Waals surface area contributed by atoms with Crippen LogP contribution in [0.4, 0.5) is 0 Å². The number of fused-ring (bicyclic) bond motifs is 1. The molecule has 0 aromatic carbocycles. The minimum atomic E-state index is -0.808. The van der Waals surface area contributed by atoms with E-state index in [4.69, 9.17) is 5.73 Å². The van der Waals surface area contributed by atoms with Crippen molar-refractivity contribution >= 4 is 39.4 Å². The van der Waals surface area contributed by atoms with Gasteiger partial charge in [-0.3, -0.25) is 19.3 Å². The van der Waals surface area contributed by atoms with E-state index in [2.05, 4.69) is 16.0 Å². The third-order valence-corrected chi connectivity index (χ3v) is 9.31. The van der Waals surface area contributed by atoms with Gasteiger partial charge in [-0.1, -0.05) is 21.6 Å². The van der Waals surface area contributed by atoms with Crippen LogP contribution in [-0.4, -0.2) is 90.6 Å². The highest BCUT2D eigenvalue weighted by Gasteiger charge is 2.43. The van der Waals surface area contributed by atoms with Gasteiger partial charge < -0.3 is 26.8 Å². The van der Waals surface area contributed by atoms with Gasteiger partial charge in [-0.15, -0.1) is 0 Å². The number of carbonyl (C=O) groups excluding carboxylic acids is 2. The van der Waals surface area contributed by atoms with E-state index in [0.717, 1.165) is 6.42 Å². The predicted molar refractivity (Wildman–Crippen MR) is 121 cm³/mol. The van der Waals surface area contributed by atoms with Crippen LogP contribution in [0.5, 0.6) is 0 Å². The third kappa shape index (κ3) is 7.60. The first-order chi connectivity index (χ1) is 14.2. The minimum Gasteiger partial charge on any atom is -0.481 e. The number of hydrogen-bond acceptors (Lipinski definition) is 8. The van der Waals surface area contributed by atoms with Crippen LogP contribution in [0.15, 0.2) is 0 Å². The molecular weight excluding hydrogens is 426 g/mol. The SMILES string of the molecule is CNCCNC(=O)[C@H](CC(=O)NC1CC(N)CC2SSC2C(CC(=O)O)C1)N(C)C. The maximum atomic E-state index is 12.8. The number of nitrogens with one attached hydrogen (secondary N) is 3. The summed E-state index contributed by atoms with van der Waals surface area (Å²) in [5.41, 5.74) is 6.30. The molecule has 30 heavy (non-hydrogen) atoms. The highest BCUT2D eigenvalue weighted by atomic mass is 33.1. The zero-order valence-corrected chi connectivity index (χ0v) is 19.6. The first kappa shape index (κ1) is 25.3. The van der Waals surface area contributed by atoms with Crippen LogP contribution in [0, 0.1) is 5.92 Å². The van der Waals surface area contributed by atoms with Crippen molar-refractivity contribution in [2.45, 2.75) is 60.7 Å². The molecule has 172 valence electrons. The Morgan fingerprint density at radius 1 is 1.17 bits per heavy atom. The van der Waals surface area contributed by atoms with Gasteiger partial charge in [-0.25, -0.2) is 0 Å². The van der Waals surface area contributed by atoms with E-state index >= 15 is 0 Å². The van der Waals surface area contributed by atoms with Gasteiger partial charge in [0, 0.05) is 42.1 Å². The van der Waals surface area contributed by atoms with Gasteiger partial charge in [0.2, 0.25) is 11.8 Å². The molecule has 5 unspecified atom stereocenters. The summed E-state index contributed by atoms with van der Waals surface area (Å²) in [5, 5.41) is 18.8. The molecule has 0 spiro atoms. The summed E-state index contributed by atoms with van der Waals surface area (Å²) in [7, 11) is 8.88. The number of carbonyl (C=O) groups is 3. The van der Waals surface area contributed by atoms with E-state index in [-0.39, 0.29) is 47.9 Å². The van der Waals surface area contributed by atoms with E-state index in [1.165, 1.54) is 0 Å². The molecule has 2 fully saturated rings. The number of nitrogens with zero attached hydrogens (tertiary/aromatic N) is 1. The monoisotopic (exact) mass is 461 g/mol. The largest absolute Gasteiger partial charge is 0.481 e. The standard InChI is InChI=1S/C19H35N5O4S2/c1-21-4-5-22-19(28)14(24(2)3)10-16(25)23-13-6-11(7-17(26)27)18-15(29-30-18)9-12(20)8-13/h11-15,18,21H,4-10,20H2,1-3H3,(H,22,28)(H,23,25)(H,26,27)/t11?,12?,13?,14-,15?,18?/m0/s1. The lowest BCUT2D eigenvalue weighted by Gasteiger charge is -2.44. The second kappa shape index (κ2) is 12.1. The molecule has 2 rings (SSSR count). The Labute approximate surface area is 186 Å². The highest BCUT2D eigenvalue weighted by Crippen LogP contribution is 2.55. The molecule has 2 aliphatic rings. The summed E-state index contributed by atoms with van der Waals surface area (Å²) in [5.74, 6) is -1.20. The first-order valence-electron chi connectivity index (χ1n) is 10.4. The van der Waals surface area contributed by atoms with Crippen LogP contribution in [-0.2, 0) is 14.4 Å². The molecule has 1 heterocycles. The van der Waals surface area contributed by atoms with Crippen LogP contribution in [0.25, 0.3) is 0 Å². The number of likely N-dealkylation sites (N-methyl/N-ethyl adjacent to an activating group) is 2. The maximum absolute atomic E-state index is 12.8. The summed E-state index contributed by atoms with van der Waals surface area (Å²) in [6, 6.07) is -0.780. The molecule has 0 aromatic heterocycles. The van der Waals surface area contributed by atoms with Crippen LogP contribution >= 0.6 is 21.6 Å². The fourth-order valence-corrected chi connectivity index (χ4v) is 7.37. The van der Waals surface area contributed by atoms with Crippen LogP contribution in [0.3, 0.4) is 0 Å². The molecular formula is C19H35N5O4S2. The molecule has 6 N–H and O–H groups in total. The number of carboxylic acid groups (broad SMARTS) is 1. The molecule has 9 nitrogen and oxygen atoms in total. The average molecular weight is 462 g/mol. The van der Waals surface area contributed by atoms with Crippen LogP contribution in [0.2, 0.25) is 0 Å². The molecule has 1 aliphatic carbocycles. The van der Waals surface area contributed by atoms with E-state index < -0.39 is 12.0 Å². The van der Waals surface area contributed by atoms with Gasteiger partial charge in [0.05, 0.1) is 12.5 Å². The lowest BCUT2D eigenvalue weighted by atomic mass is 9.83. The number of rotatable bonds is 10. The highest BCUT2D eigenvalue weighted by molar-refractivity contribution is 8.80. The van der Waals surface area contributed by atoms with Gasteiger partial charge in [0.25, 0.3) is 0 Å². The molecule has 0 bridgehead atoms. The van der Waals surface area contributed by atoms with Crippen molar-refractivity contribution in [2.24, 2.45) is 11.7 Å². The van der Waals surface area contributed by atoms with Crippen molar-refractivity contribution in [2.75, 3.05) is 34.2 Å². The van der Waals surface area contributed by atoms with Crippen molar-refractivity contribution < 1.29 is 19.5 Å². The lowest BCUT2D eigenvalue weighted by Crippen LogP contribution is -2.51. The van der Waals surface area contributed by atoms with Crippen LogP contribution < -0.4 is 21.7 Å². The summed E-state index contributed by atoms with van der Waals surface area (Å²) in [6.45, 7) is 1.15. The molecule has 0 radical (unpaired) electrons. The fourth-order valence-electron chi connectivity index (χ4n) is 4.05. The Bertz CT molecular complexity index is 609. The number of carboxylic acids is 1. The number of aliphatic carboxylic acids is 1. The number of nitrogens with two attached hydrogens (primary N) is 1. The molecule has 0 aromatic rings. The quantitative estimate of drug-likeness (QED) is 0.222. The minimum absolute atomic E-state index is 0.00559. The van der Waals surface area contributed by atoms with Gasteiger partial charge in [-0.2, -0.15) is 0 Å². The third-order valence-electron chi connectivity index (χ3n) is 5.61. The lowest BCUT2D eigenvalue weighted by molar-refractivity contribution is -0.138. The van der Waals surface area contributed by atoms with Crippen molar-refractivity contribution in [3.63, 3.8) is 0 Å². The zero-order valence-electron chi connectivity index (χ0n) is 17.9. The number of hydrogen-bond donors (Lipinski definition) is 5. The van der Waals surface area contributed by atoms with E-state index in [1.807, 2.05) is 7.05 Å². The Hall–Kier alpha value is -1.01. The van der Waals surface area contributed by atoms with Crippen molar-refractivity contribution in [1.29, 1.82) is 0 Å². The van der Waals surface area contributed by atoms with Crippen molar-refractivity contribution in [3.05, 3.63) is 0 Å². The van der Waals surface area contributed by atoms with E-state index in [0.29, 0.717) is 31.2 Å². The molecule has 1 saturated heterocycles. The molecule has 6 atom stereocenters. The summed E-state index contributed by atoms with van der Waals surface area (Å²) in [6.07, 6.45) is 2.20. The second-order valence-corrected chi connectivity index (χ2v) is 11.1. The Morgan fingerprint density at radius 3 is 2.47 bits per heavy atom. The van der Waals surface area contributed by atoms with Gasteiger partial charge in [-0.05, 0) is 46.3 Å². The normalized spacial score (nSPS) is 29.7. The predicted octanol–water partition coefficient (Wildman–Crippen LogP) is -0.139. The van der Waals surface area contributed by atoms with Crippen molar-refractivity contribution in [1.82, 2.24) is 20.9 Å². The summed E-state index contributed by atoms with van der Waals surface area (Å²) in [4.78, 5) is 38.3. The van der Waals surface area contributed by atoms with E-state index in [9.17, 15) is 19.5 Å². The van der Waals surface area contributed by atoms with Gasteiger partial charge in [0.1, 0.15) is 0 Å². The van der Waals surface area contributed by atoms with Crippen LogP contribution in [0.1, 0.15) is 32.1 Å². The molecule has 1 saturated carbocycles. The first-order valence-corrected chi connectivity index (χ1v) is 12.7. The Kier molecular flexibility index (Phi) is 10.2. The van der Waals surface area contributed by atoms with Crippen molar-refractivity contribution in [3.8, 4) is 0 Å². The molecule has 2 amide bonds. The Balaban J connectivity index is 1.97. The number of amides is 2. The fraction of sp³-hybridized carbons (Fsp3) is 0.842. The zero-order chi connectivity index (χ0) is 22.3. The molecule has 11 heteroatoms.